The van der Waals surface area contributed by atoms with Crippen LogP contribution in [-0.4, -0.2) is 31.2 Å². The summed E-state index contributed by atoms with van der Waals surface area (Å²) in [6, 6.07) is 14.6. The number of aryl methyl sites for hydroxylation is 1. The summed E-state index contributed by atoms with van der Waals surface area (Å²) in [6.07, 6.45) is -3.83. The SMILES string of the molecule is Cc1nn(-c2ccccc2)c(C)c1CN1CCc2nc(-c3ccc(C(F)(F)F)cc3)[nH]c(=O)c2C1. The number of aromatic nitrogens is 4. The highest BCUT2D eigenvalue weighted by molar-refractivity contribution is 5.56. The van der Waals surface area contributed by atoms with Gasteiger partial charge in [-0.15, -0.1) is 0 Å². The van der Waals surface area contributed by atoms with Crippen molar-refractivity contribution in [3.8, 4) is 17.1 Å². The van der Waals surface area contributed by atoms with Gasteiger partial charge in [-0.25, -0.2) is 9.67 Å². The van der Waals surface area contributed by atoms with E-state index in [4.69, 9.17) is 5.10 Å². The lowest BCUT2D eigenvalue weighted by Gasteiger charge is -2.28. The van der Waals surface area contributed by atoms with Crippen molar-refractivity contribution in [3.63, 3.8) is 0 Å². The Balaban J connectivity index is 1.37. The monoisotopic (exact) mass is 479 g/mol. The van der Waals surface area contributed by atoms with Crippen molar-refractivity contribution >= 4 is 0 Å². The molecule has 2 aromatic heterocycles. The van der Waals surface area contributed by atoms with Gasteiger partial charge in [0.2, 0.25) is 0 Å². The molecular formula is C26H24F3N5O. The Kier molecular flexibility index (Phi) is 5.80. The van der Waals surface area contributed by atoms with Crippen LogP contribution in [0.4, 0.5) is 13.2 Å². The van der Waals surface area contributed by atoms with Crippen molar-refractivity contribution in [1.82, 2.24) is 24.6 Å². The van der Waals surface area contributed by atoms with E-state index >= 15 is 0 Å². The number of nitrogens with zero attached hydrogens (tertiary/aromatic N) is 4. The highest BCUT2D eigenvalue weighted by atomic mass is 19.4. The molecule has 5 rings (SSSR count). The number of para-hydroxylation sites is 1. The number of hydrogen-bond donors (Lipinski definition) is 1. The van der Waals surface area contributed by atoms with E-state index in [1.807, 2.05) is 48.9 Å². The first-order valence-corrected chi connectivity index (χ1v) is 11.3. The van der Waals surface area contributed by atoms with Gasteiger partial charge in [0.1, 0.15) is 5.82 Å². The van der Waals surface area contributed by atoms with Gasteiger partial charge in [-0.05, 0) is 38.1 Å². The van der Waals surface area contributed by atoms with Gasteiger partial charge < -0.3 is 4.98 Å². The molecule has 2 aromatic carbocycles. The zero-order chi connectivity index (χ0) is 24.7. The predicted molar refractivity (Wildman–Crippen MR) is 126 cm³/mol. The molecule has 0 radical (unpaired) electrons. The third kappa shape index (κ3) is 4.51. The van der Waals surface area contributed by atoms with Crippen LogP contribution >= 0.6 is 0 Å². The van der Waals surface area contributed by atoms with Crippen molar-refractivity contribution < 1.29 is 13.2 Å². The van der Waals surface area contributed by atoms with Crippen LogP contribution in [0.5, 0.6) is 0 Å². The first-order chi connectivity index (χ1) is 16.7. The van der Waals surface area contributed by atoms with E-state index in [1.54, 1.807) is 0 Å². The van der Waals surface area contributed by atoms with Gasteiger partial charge in [0, 0.05) is 42.9 Å². The summed E-state index contributed by atoms with van der Waals surface area (Å²) in [5.41, 5.74) is 4.86. The first kappa shape index (κ1) is 23.0. The van der Waals surface area contributed by atoms with E-state index in [9.17, 15) is 18.0 Å². The summed E-state index contributed by atoms with van der Waals surface area (Å²) in [5.74, 6) is 0.284. The molecule has 0 fully saturated rings. The number of nitrogens with one attached hydrogen (secondary N) is 1. The van der Waals surface area contributed by atoms with Gasteiger partial charge >= 0.3 is 6.18 Å². The van der Waals surface area contributed by atoms with Crippen molar-refractivity contribution in [3.05, 3.63) is 98.7 Å². The summed E-state index contributed by atoms with van der Waals surface area (Å²) in [5, 5.41) is 4.71. The fourth-order valence-corrected chi connectivity index (χ4v) is 4.52. The second-order valence-corrected chi connectivity index (χ2v) is 8.77. The molecule has 0 bridgehead atoms. The summed E-state index contributed by atoms with van der Waals surface area (Å²) in [6.45, 7) is 5.85. The molecule has 4 aromatic rings. The Bertz CT molecular complexity index is 1420. The Morgan fingerprint density at radius 2 is 1.74 bits per heavy atom. The van der Waals surface area contributed by atoms with E-state index in [0.717, 1.165) is 34.8 Å². The molecule has 0 aliphatic carbocycles. The van der Waals surface area contributed by atoms with Gasteiger partial charge in [-0.2, -0.15) is 18.3 Å². The predicted octanol–water partition coefficient (Wildman–Crippen LogP) is 4.82. The van der Waals surface area contributed by atoms with Crippen LogP contribution in [0.1, 0.15) is 33.8 Å². The van der Waals surface area contributed by atoms with Crippen molar-refractivity contribution in [1.29, 1.82) is 0 Å². The Morgan fingerprint density at radius 1 is 1.03 bits per heavy atom. The highest BCUT2D eigenvalue weighted by Gasteiger charge is 2.30. The lowest BCUT2D eigenvalue weighted by atomic mass is 10.0. The molecule has 180 valence electrons. The third-order valence-corrected chi connectivity index (χ3v) is 6.46. The van der Waals surface area contributed by atoms with E-state index in [2.05, 4.69) is 14.9 Å². The molecule has 1 aliphatic heterocycles. The van der Waals surface area contributed by atoms with E-state index < -0.39 is 11.7 Å². The lowest BCUT2D eigenvalue weighted by Crippen LogP contribution is -2.35. The minimum atomic E-state index is -4.41. The minimum absolute atomic E-state index is 0.261. The molecule has 1 aliphatic rings. The minimum Gasteiger partial charge on any atom is -0.306 e. The van der Waals surface area contributed by atoms with Gasteiger partial charge in [-0.1, -0.05) is 30.3 Å². The molecule has 0 saturated carbocycles. The zero-order valence-electron chi connectivity index (χ0n) is 19.4. The van der Waals surface area contributed by atoms with Crippen LogP contribution in [0, 0.1) is 13.8 Å². The first-order valence-electron chi connectivity index (χ1n) is 11.3. The molecule has 0 atom stereocenters. The van der Waals surface area contributed by atoms with Crippen LogP contribution in [0.3, 0.4) is 0 Å². The van der Waals surface area contributed by atoms with Crippen LogP contribution in [0.15, 0.2) is 59.4 Å². The lowest BCUT2D eigenvalue weighted by molar-refractivity contribution is -0.137. The number of halogens is 3. The largest absolute Gasteiger partial charge is 0.416 e. The molecule has 0 saturated heterocycles. The van der Waals surface area contributed by atoms with Crippen molar-refractivity contribution in [2.24, 2.45) is 0 Å². The molecule has 0 unspecified atom stereocenters. The maximum absolute atomic E-state index is 12.9. The van der Waals surface area contributed by atoms with Crippen LogP contribution in [0.25, 0.3) is 17.1 Å². The number of hydrogen-bond acceptors (Lipinski definition) is 4. The fraction of sp³-hybridized carbons (Fsp3) is 0.269. The summed E-state index contributed by atoms with van der Waals surface area (Å²) >= 11 is 0. The average Bonchev–Trinajstić information content (AvgIpc) is 3.12. The van der Waals surface area contributed by atoms with Crippen molar-refractivity contribution in [2.75, 3.05) is 6.54 Å². The Morgan fingerprint density at radius 3 is 2.43 bits per heavy atom. The molecule has 6 nitrogen and oxygen atoms in total. The summed E-state index contributed by atoms with van der Waals surface area (Å²) < 4.78 is 40.5. The Labute approximate surface area is 200 Å². The topological polar surface area (TPSA) is 66.8 Å². The molecule has 3 heterocycles. The molecule has 0 amide bonds. The number of alkyl halides is 3. The van der Waals surface area contributed by atoms with Crippen LogP contribution < -0.4 is 5.56 Å². The van der Waals surface area contributed by atoms with E-state index in [0.29, 0.717) is 42.9 Å². The standard InChI is InChI=1S/C26H24F3N5O/c1-16-21(17(2)34(32-16)20-6-4-3-5-7-20)14-33-13-12-23-22(15-33)25(35)31-24(30-23)18-8-10-19(11-9-18)26(27,28)29/h3-11H,12-15H2,1-2H3,(H,30,31,35). The number of benzene rings is 2. The van der Waals surface area contributed by atoms with Gasteiger partial charge in [0.05, 0.1) is 28.2 Å². The van der Waals surface area contributed by atoms with E-state index in [-0.39, 0.29) is 11.4 Å². The highest BCUT2D eigenvalue weighted by Crippen LogP contribution is 2.30. The molecule has 35 heavy (non-hydrogen) atoms. The van der Waals surface area contributed by atoms with Gasteiger partial charge in [-0.3, -0.25) is 9.69 Å². The van der Waals surface area contributed by atoms with E-state index in [1.165, 1.54) is 12.1 Å². The zero-order valence-corrected chi connectivity index (χ0v) is 19.4. The molecule has 0 spiro atoms. The fourth-order valence-electron chi connectivity index (χ4n) is 4.52. The maximum atomic E-state index is 12.9. The summed E-state index contributed by atoms with van der Waals surface area (Å²) in [7, 11) is 0. The summed E-state index contributed by atoms with van der Waals surface area (Å²) in [4.78, 5) is 22.4. The van der Waals surface area contributed by atoms with Crippen molar-refractivity contribution in [2.45, 2.75) is 39.5 Å². The number of aromatic amines is 1. The Hall–Kier alpha value is -3.72. The number of fused-ring (bicyclic) bond motifs is 1. The van der Waals surface area contributed by atoms with Gasteiger partial charge in [0.25, 0.3) is 5.56 Å². The molecule has 9 heteroatoms. The second-order valence-electron chi connectivity index (χ2n) is 8.77. The van der Waals surface area contributed by atoms with Crippen LogP contribution in [0.2, 0.25) is 0 Å². The third-order valence-electron chi connectivity index (χ3n) is 6.46. The number of H-pyrrole nitrogens is 1. The average molecular weight is 480 g/mol. The quantitative estimate of drug-likeness (QED) is 0.456. The maximum Gasteiger partial charge on any atom is 0.416 e. The smallest absolute Gasteiger partial charge is 0.306 e. The second kappa shape index (κ2) is 8.81. The van der Waals surface area contributed by atoms with Crippen LogP contribution in [-0.2, 0) is 25.7 Å². The molecule has 1 N–H and O–H groups in total. The van der Waals surface area contributed by atoms with Gasteiger partial charge in [0.15, 0.2) is 0 Å². The number of rotatable bonds is 4. The normalized spacial score (nSPS) is 14.2. The molecular weight excluding hydrogens is 455 g/mol.